The molecule has 1 N–H and O–H groups in total. The molecule has 0 aromatic carbocycles. The number of nitrogens with zero attached hydrogens (tertiary/aromatic N) is 1. The van der Waals surface area contributed by atoms with E-state index in [1.165, 1.54) is 0 Å². The Kier molecular flexibility index (Phi) is 5.16. The van der Waals surface area contributed by atoms with Gasteiger partial charge in [0.1, 0.15) is 18.1 Å². The average molecular weight is 318 g/mol. The van der Waals surface area contributed by atoms with Crippen molar-refractivity contribution in [2.45, 2.75) is 51.4 Å². The van der Waals surface area contributed by atoms with Gasteiger partial charge >= 0.3 is 6.18 Å². The maximum atomic E-state index is 12.5. The first kappa shape index (κ1) is 16.9. The van der Waals surface area contributed by atoms with Gasteiger partial charge < -0.3 is 9.32 Å². The van der Waals surface area contributed by atoms with Gasteiger partial charge in [-0.1, -0.05) is 6.92 Å². The third-order valence-electron chi connectivity index (χ3n) is 3.81. The highest BCUT2D eigenvalue weighted by Gasteiger charge is 2.37. The Morgan fingerprint density at radius 2 is 2.18 bits per heavy atom. The third-order valence-corrected chi connectivity index (χ3v) is 3.81. The van der Waals surface area contributed by atoms with Crippen molar-refractivity contribution < 1.29 is 22.4 Å². The van der Waals surface area contributed by atoms with Crippen molar-refractivity contribution in [3.63, 3.8) is 0 Å². The van der Waals surface area contributed by atoms with Gasteiger partial charge in [0.25, 0.3) is 0 Å². The second kappa shape index (κ2) is 6.73. The van der Waals surface area contributed by atoms with E-state index >= 15 is 0 Å². The summed E-state index contributed by atoms with van der Waals surface area (Å²) in [4.78, 5) is 13.0. The smallest absolute Gasteiger partial charge is 0.406 e. The predicted octanol–water partition coefficient (Wildman–Crippen LogP) is 3.05. The van der Waals surface area contributed by atoms with E-state index in [1.54, 1.807) is 0 Å². The van der Waals surface area contributed by atoms with Crippen LogP contribution in [0.5, 0.6) is 0 Å². The quantitative estimate of drug-likeness (QED) is 0.907. The summed E-state index contributed by atoms with van der Waals surface area (Å²) in [6.07, 6.45) is -2.49. The topological polar surface area (TPSA) is 45.5 Å². The number of furan rings is 1. The van der Waals surface area contributed by atoms with Crippen LogP contribution in [-0.2, 0) is 11.2 Å². The minimum absolute atomic E-state index is 0.158. The normalized spacial score (nSPS) is 21.2. The van der Waals surface area contributed by atoms with Crippen molar-refractivity contribution in [1.82, 2.24) is 10.2 Å². The minimum Gasteiger partial charge on any atom is -0.464 e. The number of carbonyl (C=O) groups excluding carboxylic acids is 1. The first-order chi connectivity index (χ1) is 10.3. The van der Waals surface area contributed by atoms with Gasteiger partial charge in [0, 0.05) is 13.0 Å². The summed E-state index contributed by atoms with van der Waals surface area (Å²) in [6.45, 7) is 2.79. The summed E-state index contributed by atoms with van der Waals surface area (Å²) in [6, 6.07) is 2.88. The number of hydrogen-bond donors (Lipinski definition) is 1. The molecule has 22 heavy (non-hydrogen) atoms. The molecule has 1 amide bonds. The molecule has 2 unspecified atom stereocenters. The molecule has 1 fully saturated rings. The van der Waals surface area contributed by atoms with Gasteiger partial charge in [-0.25, -0.2) is 0 Å². The molecule has 0 bridgehead atoms. The second-order valence-corrected chi connectivity index (χ2v) is 5.62. The van der Waals surface area contributed by atoms with Crippen LogP contribution >= 0.6 is 0 Å². The fourth-order valence-corrected chi connectivity index (χ4v) is 2.67. The summed E-state index contributed by atoms with van der Waals surface area (Å²) in [5, 5.41) is 3.09. The van der Waals surface area contributed by atoms with Crippen molar-refractivity contribution in [2.24, 2.45) is 0 Å². The van der Waals surface area contributed by atoms with Gasteiger partial charge in [0.15, 0.2) is 0 Å². The SMILES string of the molecule is CCc1ccc(C(C)NC2CCCN(CC(F)(F)F)C2=O)o1. The third kappa shape index (κ3) is 4.25. The number of nitrogens with one attached hydrogen (secondary N) is 1. The maximum absolute atomic E-state index is 12.5. The Bertz CT molecular complexity index is 513. The molecule has 0 saturated carbocycles. The maximum Gasteiger partial charge on any atom is 0.406 e. The minimum atomic E-state index is -4.36. The van der Waals surface area contributed by atoms with Crippen molar-refractivity contribution in [3.05, 3.63) is 23.7 Å². The van der Waals surface area contributed by atoms with Crippen LogP contribution in [0.25, 0.3) is 0 Å². The molecular formula is C15H21F3N2O2. The Balaban J connectivity index is 1.97. The zero-order valence-electron chi connectivity index (χ0n) is 12.7. The van der Waals surface area contributed by atoms with Gasteiger partial charge in [-0.05, 0) is 31.9 Å². The number of hydrogen-bond acceptors (Lipinski definition) is 3. The molecule has 2 rings (SSSR count). The van der Waals surface area contributed by atoms with Crippen LogP contribution in [0.3, 0.4) is 0 Å². The number of rotatable bonds is 5. The molecule has 4 nitrogen and oxygen atoms in total. The lowest BCUT2D eigenvalue weighted by Crippen LogP contribution is -2.53. The van der Waals surface area contributed by atoms with E-state index in [2.05, 4.69) is 5.32 Å². The van der Waals surface area contributed by atoms with E-state index in [0.29, 0.717) is 18.6 Å². The van der Waals surface area contributed by atoms with Crippen LogP contribution in [0, 0.1) is 0 Å². The molecule has 7 heteroatoms. The molecule has 1 saturated heterocycles. The van der Waals surface area contributed by atoms with E-state index in [4.69, 9.17) is 4.42 Å². The fourth-order valence-electron chi connectivity index (χ4n) is 2.67. The van der Waals surface area contributed by atoms with E-state index in [0.717, 1.165) is 17.1 Å². The Morgan fingerprint density at radius 1 is 1.45 bits per heavy atom. The number of amides is 1. The van der Waals surface area contributed by atoms with Crippen molar-refractivity contribution >= 4 is 5.91 Å². The highest BCUT2D eigenvalue weighted by atomic mass is 19.4. The van der Waals surface area contributed by atoms with Gasteiger partial charge in [0.2, 0.25) is 5.91 Å². The zero-order chi connectivity index (χ0) is 16.3. The number of likely N-dealkylation sites (tertiary alicyclic amines) is 1. The first-order valence-electron chi connectivity index (χ1n) is 7.50. The number of carbonyl (C=O) groups is 1. The van der Waals surface area contributed by atoms with E-state index in [-0.39, 0.29) is 12.6 Å². The van der Waals surface area contributed by atoms with Crippen LogP contribution < -0.4 is 5.32 Å². The molecule has 1 aliphatic heterocycles. The first-order valence-corrected chi connectivity index (χ1v) is 7.50. The van der Waals surface area contributed by atoms with Gasteiger partial charge in [-0.2, -0.15) is 13.2 Å². The van der Waals surface area contributed by atoms with Gasteiger partial charge in [-0.15, -0.1) is 0 Å². The predicted molar refractivity (Wildman–Crippen MR) is 75.3 cm³/mol. The second-order valence-electron chi connectivity index (χ2n) is 5.62. The Hall–Kier alpha value is -1.50. The van der Waals surface area contributed by atoms with Crippen molar-refractivity contribution in [2.75, 3.05) is 13.1 Å². The molecule has 2 atom stereocenters. The molecule has 0 radical (unpaired) electrons. The lowest BCUT2D eigenvalue weighted by atomic mass is 10.0. The lowest BCUT2D eigenvalue weighted by molar-refractivity contribution is -0.165. The summed E-state index contributed by atoms with van der Waals surface area (Å²) in [5.41, 5.74) is 0. The Morgan fingerprint density at radius 3 is 2.77 bits per heavy atom. The van der Waals surface area contributed by atoms with Crippen LogP contribution in [0.1, 0.15) is 44.3 Å². The number of aryl methyl sites for hydroxylation is 1. The molecule has 0 spiro atoms. The summed E-state index contributed by atoms with van der Waals surface area (Å²) < 4.78 is 43.1. The molecule has 124 valence electrons. The van der Waals surface area contributed by atoms with Gasteiger partial charge in [0.05, 0.1) is 12.1 Å². The molecule has 1 aliphatic rings. The van der Waals surface area contributed by atoms with Crippen LogP contribution in [0.2, 0.25) is 0 Å². The number of alkyl halides is 3. The van der Waals surface area contributed by atoms with Gasteiger partial charge in [-0.3, -0.25) is 10.1 Å². The average Bonchev–Trinajstić information content (AvgIpc) is 2.90. The lowest BCUT2D eigenvalue weighted by Gasteiger charge is -2.34. The van der Waals surface area contributed by atoms with Crippen LogP contribution in [0.15, 0.2) is 16.5 Å². The molecule has 1 aromatic heterocycles. The summed E-state index contributed by atoms with van der Waals surface area (Å²) in [5.74, 6) is 1.05. The Labute approximate surface area is 127 Å². The van der Waals surface area contributed by atoms with E-state index in [9.17, 15) is 18.0 Å². The highest BCUT2D eigenvalue weighted by Crippen LogP contribution is 2.23. The van der Waals surface area contributed by atoms with E-state index in [1.807, 2.05) is 26.0 Å². The monoisotopic (exact) mass is 318 g/mol. The molecule has 1 aromatic rings. The van der Waals surface area contributed by atoms with E-state index < -0.39 is 24.7 Å². The van der Waals surface area contributed by atoms with Crippen molar-refractivity contribution in [3.8, 4) is 0 Å². The zero-order valence-corrected chi connectivity index (χ0v) is 12.7. The molecular weight excluding hydrogens is 297 g/mol. The largest absolute Gasteiger partial charge is 0.464 e. The molecule has 2 heterocycles. The summed E-state index contributed by atoms with van der Waals surface area (Å²) >= 11 is 0. The number of piperidine rings is 1. The number of halogens is 3. The fraction of sp³-hybridized carbons (Fsp3) is 0.667. The standard InChI is InChI=1S/C15H21F3N2O2/c1-3-11-6-7-13(22-11)10(2)19-12-5-4-8-20(14(12)21)9-15(16,17)18/h6-7,10,12,19H,3-5,8-9H2,1-2H3. The summed E-state index contributed by atoms with van der Waals surface area (Å²) in [7, 11) is 0. The molecule has 0 aliphatic carbocycles. The van der Waals surface area contributed by atoms with Crippen molar-refractivity contribution in [1.29, 1.82) is 0 Å². The van der Waals surface area contributed by atoms with Crippen LogP contribution in [-0.4, -0.2) is 36.1 Å². The van der Waals surface area contributed by atoms with Crippen LogP contribution in [0.4, 0.5) is 13.2 Å². The highest BCUT2D eigenvalue weighted by molar-refractivity contribution is 5.82.